The molecule has 0 aliphatic rings. The van der Waals surface area contributed by atoms with Gasteiger partial charge in [0.05, 0.1) is 11.4 Å². The maximum atomic E-state index is 14.2. The number of nitrogens with one attached hydrogen (secondary N) is 1. The number of pyridine rings is 2. The van der Waals surface area contributed by atoms with Crippen molar-refractivity contribution in [3.8, 4) is 17.5 Å². The number of hydrogen-bond acceptors (Lipinski definition) is 6. The van der Waals surface area contributed by atoms with Crippen molar-refractivity contribution in [3.63, 3.8) is 0 Å². The number of rotatable bonds is 6. The Morgan fingerprint density at radius 1 is 1.10 bits per heavy atom. The van der Waals surface area contributed by atoms with Crippen LogP contribution in [0, 0.1) is 11.8 Å². The van der Waals surface area contributed by atoms with E-state index in [2.05, 4.69) is 38.8 Å². The molecular formula is C32H27N7O2. The third-order valence-electron chi connectivity index (χ3n) is 6.48. The van der Waals surface area contributed by atoms with Crippen LogP contribution in [-0.4, -0.2) is 31.5 Å². The molecule has 2 aromatic carbocycles. The molecule has 202 valence electrons. The van der Waals surface area contributed by atoms with E-state index < -0.39 is 11.9 Å². The lowest BCUT2D eigenvalue weighted by Gasteiger charge is -2.21. The number of fused-ring (bicyclic) bond motifs is 1. The van der Waals surface area contributed by atoms with Gasteiger partial charge in [-0.05, 0) is 48.7 Å². The minimum atomic E-state index is -0.595. The first-order valence-corrected chi connectivity index (χ1v) is 12.8. The number of nitrogens with two attached hydrogens (primary N) is 1. The normalized spacial score (nSPS) is 11.7. The fourth-order valence-corrected chi connectivity index (χ4v) is 4.59. The van der Waals surface area contributed by atoms with E-state index in [0.717, 1.165) is 5.56 Å². The second-order valence-corrected chi connectivity index (χ2v) is 9.22. The number of aliphatic imine (C=N–C) groups is 1. The van der Waals surface area contributed by atoms with Gasteiger partial charge in [-0.2, -0.15) is 5.10 Å². The fourth-order valence-electron chi connectivity index (χ4n) is 4.59. The van der Waals surface area contributed by atoms with E-state index in [1.807, 2.05) is 73.7 Å². The van der Waals surface area contributed by atoms with Crippen molar-refractivity contribution in [3.05, 3.63) is 125 Å². The van der Waals surface area contributed by atoms with Crippen molar-refractivity contribution in [1.29, 1.82) is 0 Å². The number of anilines is 1. The molecule has 1 amide bonds. The fraction of sp³-hybridized carbons (Fsp3) is 0.0938. The van der Waals surface area contributed by atoms with Crippen molar-refractivity contribution in [2.75, 3.05) is 5.73 Å². The minimum absolute atomic E-state index is 0.0461. The monoisotopic (exact) mass is 541 g/mol. The average Bonchev–Trinajstić information content (AvgIpc) is 3.27. The van der Waals surface area contributed by atoms with Crippen molar-refractivity contribution in [1.82, 2.24) is 24.6 Å². The van der Waals surface area contributed by atoms with Crippen LogP contribution in [0.5, 0.6) is 0 Å². The summed E-state index contributed by atoms with van der Waals surface area (Å²) in [6.45, 7) is 5.44. The average molecular weight is 542 g/mol. The summed E-state index contributed by atoms with van der Waals surface area (Å²) < 4.78 is 3.04. The van der Waals surface area contributed by atoms with Gasteiger partial charge in [0.2, 0.25) is 0 Å². The SMILES string of the molecule is C=C/C=N\c1c(C(=O)NC(C)c2cc3cccc(C#Cc4ccncc4)c3c(=O)n2-c2ccccc2)c(N)nn1C. The number of carbonyl (C=O) groups excluding carboxylic acids is 1. The number of para-hydroxylation sites is 1. The number of allylic oxidation sites excluding steroid dienone is 1. The maximum absolute atomic E-state index is 14.2. The smallest absolute Gasteiger partial charge is 0.264 e. The summed E-state index contributed by atoms with van der Waals surface area (Å²) >= 11 is 0. The molecule has 3 heterocycles. The topological polar surface area (TPSA) is 120 Å². The van der Waals surface area contributed by atoms with Crippen LogP contribution in [0.15, 0.2) is 102 Å². The van der Waals surface area contributed by atoms with Crippen LogP contribution >= 0.6 is 0 Å². The lowest BCUT2D eigenvalue weighted by molar-refractivity contribution is 0.0940. The second kappa shape index (κ2) is 11.6. The Morgan fingerprint density at radius 3 is 2.59 bits per heavy atom. The van der Waals surface area contributed by atoms with E-state index in [4.69, 9.17) is 5.73 Å². The molecule has 3 aromatic heterocycles. The first-order chi connectivity index (χ1) is 19.9. The van der Waals surface area contributed by atoms with Crippen LogP contribution in [0.3, 0.4) is 0 Å². The van der Waals surface area contributed by atoms with Gasteiger partial charge in [0.15, 0.2) is 11.6 Å². The number of carbonyl (C=O) groups is 1. The number of benzene rings is 2. The van der Waals surface area contributed by atoms with Gasteiger partial charge in [-0.15, -0.1) is 0 Å². The van der Waals surface area contributed by atoms with E-state index >= 15 is 0 Å². The van der Waals surface area contributed by atoms with E-state index in [1.165, 1.54) is 17.0 Å². The summed E-state index contributed by atoms with van der Waals surface area (Å²) in [6, 6.07) is 19.8. The predicted molar refractivity (Wildman–Crippen MR) is 162 cm³/mol. The van der Waals surface area contributed by atoms with Crippen LogP contribution < -0.4 is 16.6 Å². The maximum Gasteiger partial charge on any atom is 0.264 e. The first-order valence-electron chi connectivity index (χ1n) is 12.8. The summed E-state index contributed by atoms with van der Waals surface area (Å²) in [6.07, 6.45) is 6.30. The van der Waals surface area contributed by atoms with Crippen LogP contribution in [0.1, 0.15) is 40.1 Å². The summed E-state index contributed by atoms with van der Waals surface area (Å²) in [5.41, 5.74) is 8.60. The minimum Gasteiger partial charge on any atom is -0.381 e. The van der Waals surface area contributed by atoms with Crippen LogP contribution in [0.25, 0.3) is 16.5 Å². The van der Waals surface area contributed by atoms with Gasteiger partial charge in [0, 0.05) is 48.2 Å². The Bertz CT molecular complexity index is 1910. The highest BCUT2D eigenvalue weighted by Gasteiger charge is 2.24. The Hall–Kier alpha value is -5.75. The third-order valence-corrected chi connectivity index (χ3v) is 6.48. The number of amides is 1. The summed E-state index contributed by atoms with van der Waals surface area (Å²) in [5.74, 6) is 6.14. The molecule has 1 unspecified atom stereocenters. The van der Waals surface area contributed by atoms with Crippen molar-refractivity contribution >= 4 is 34.5 Å². The lowest BCUT2D eigenvalue weighted by atomic mass is 10.0. The third kappa shape index (κ3) is 5.40. The largest absolute Gasteiger partial charge is 0.381 e. The molecule has 0 fully saturated rings. The van der Waals surface area contributed by atoms with Gasteiger partial charge in [0.25, 0.3) is 11.5 Å². The van der Waals surface area contributed by atoms with Crippen molar-refractivity contribution in [2.24, 2.45) is 12.0 Å². The number of nitrogens with zero attached hydrogens (tertiary/aromatic N) is 5. The van der Waals surface area contributed by atoms with Gasteiger partial charge in [-0.1, -0.05) is 54.8 Å². The number of nitrogen functional groups attached to an aromatic ring is 1. The molecule has 5 rings (SSSR count). The van der Waals surface area contributed by atoms with Crippen LogP contribution in [-0.2, 0) is 7.05 Å². The molecule has 0 saturated carbocycles. The molecule has 0 aliphatic carbocycles. The zero-order valence-corrected chi connectivity index (χ0v) is 22.6. The molecule has 0 aliphatic heterocycles. The van der Waals surface area contributed by atoms with Gasteiger partial charge < -0.3 is 11.1 Å². The Morgan fingerprint density at radius 2 is 1.85 bits per heavy atom. The summed E-state index contributed by atoms with van der Waals surface area (Å²) in [7, 11) is 1.65. The lowest BCUT2D eigenvalue weighted by Crippen LogP contribution is -2.32. The highest BCUT2D eigenvalue weighted by molar-refractivity contribution is 6.03. The van der Waals surface area contributed by atoms with Gasteiger partial charge in [-0.3, -0.25) is 19.1 Å². The number of aromatic nitrogens is 4. The number of aryl methyl sites for hydroxylation is 1. The van der Waals surface area contributed by atoms with E-state index in [1.54, 1.807) is 24.0 Å². The summed E-state index contributed by atoms with van der Waals surface area (Å²) in [5, 5.41) is 8.32. The van der Waals surface area contributed by atoms with Gasteiger partial charge in [-0.25, -0.2) is 9.67 Å². The van der Waals surface area contributed by atoms with Crippen molar-refractivity contribution in [2.45, 2.75) is 13.0 Å². The number of hydrogen-bond donors (Lipinski definition) is 2. The first kappa shape index (κ1) is 26.8. The molecular weight excluding hydrogens is 514 g/mol. The Balaban J connectivity index is 1.63. The molecule has 9 heteroatoms. The molecule has 9 nitrogen and oxygen atoms in total. The molecule has 5 aromatic rings. The van der Waals surface area contributed by atoms with E-state index in [9.17, 15) is 9.59 Å². The van der Waals surface area contributed by atoms with Gasteiger partial charge >= 0.3 is 0 Å². The Labute approximate surface area is 236 Å². The second-order valence-electron chi connectivity index (χ2n) is 9.22. The predicted octanol–water partition coefficient (Wildman–Crippen LogP) is 4.48. The van der Waals surface area contributed by atoms with Crippen molar-refractivity contribution < 1.29 is 4.79 Å². The van der Waals surface area contributed by atoms with Crippen LogP contribution in [0.2, 0.25) is 0 Å². The summed E-state index contributed by atoms with van der Waals surface area (Å²) in [4.78, 5) is 35.9. The molecule has 0 radical (unpaired) electrons. The zero-order chi connectivity index (χ0) is 28.9. The zero-order valence-electron chi connectivity index (χ0n) is 22.6. The molecule has 41 heavy (non-hydrogen) atoms. The van der Waals surface area contributed by atoms with Gasteiger partial charge in [0.1, 0.15) is 5.56 Å². The standard InChI is InChI=1S/C32H27N7O2/c1-4-17-35-30-28(29(33)37-38(30)3)31(40)36-21(2)26-20-24-10-8-9-23(14-13-22-15-18-34-19-16-22)27(24)32(41)39(26)25-11-6-5-7-12-25/h4-12,15-21H,1H2,2-3H3,(H2,33,37)(H,36,40)/b35-17-. The molecule has 3 N–H and O–H groups in total. The van der Waals surface area contributed by atoms with E-state index in [0.29, 0.717) is 33.5 Å². The molecule has 1 atom stereocenters. The van der Waals surface area contributed by atoms with E-state index in [-0.39, 0.29) is 16.9 Å². The Kier molecular flexibility index (Phi) is 7.56. The quantitative estimate of drug-likeness (QED) is 0.243. The molecule has 0 saturated heterocycles. The highest BCUT2D eigenvalue weighted by Crippen LogP contribution is 2.27. The van der Waals surface area contributed by atoms with Crippen LogP contribution in [0.4, 0.5) is 11.6 Å². The highest BCUT2D eigenvalue weighted by atomic mass is 16.2. The molecule has 0 bridgehead atoms. The molecule has 0 spiro atoms.